The molecule has 0 aliphatic heterocycles. The van der Waals surface area contributed by atoms with E-state index in [-0.39, 0.29) is 5.91 Å². The Morgan fingerprint density at radius 2 is 2.00 bits per heavy atom. The number of H-pyrrole nitrogens is 1. The first kappa shape index (κ1) is 16.7. The van der Waals surface area contributed by atoms with Crippen molar-refractivity contribution in [3.63, 3.8) is 0 Å². The van der Waals surface area contributed by atoms with Crippen LogP contribution in [0.25, 0.3) is 32.6 Å². The number of para-hydroxylation sites is 2. The van der Waals surface area contributed by atoms with Crippen molar-refractivity contribution in [3.05, 3.63) is 65.2 Å². The van der Waals surface area contributed by atoms with Gasteiger partial charge in [0.2, 0.25) is 0 Å². The van der Waals surface area contributed by atoms with Gasteiger partial charge in [-0.3, -0.25) is 9.48 Å². The number of carbonyl (C=O) groups excluding carboxylic acids is 1. The zero-order valence-electron chi connectivity index (χ0n) is 15.4. The molecule has 5 aromatic rings. The SMILES string of the molecule is Cc1nn(C)c2sc(C(=O)Nc3cccc(-c4nc5ccccc5[nH]4)c3)cc12. The highest BCUT2D eigenvalue weighted by Gasteiger charge is 2.15. The number of amides is 1. The highest BCUT2D eigenvalue weighted by Crippen LogP contribution is 2.29. The highest BCUT2D eigenvalue weighted by molar-refractivity contribution is 7.20. The van der Waals surface area contributed by atoms with Gasteiger partial charge in [-0.2, -0.15) is 5.10 Å². The minimum absolute atomic E-state index is 0.123. The van der Waals surface area contributed by atoms with Crippen LogP contribution >= 0.6 is 11.3 Å². The number of thiophene rings is 1. The van der Waals surface area contributed by atoms with Crippen molar-refractivity contribution < 1.29 is 4.79 Å². The van der Waals surface area contributed by atoms with Gasteiger partial charge in [-0.25, -0.2) is 4.98 Å². The molecule has 3 aromatic heterocycles. The molecule has 6 nitrogen and oxygen atoms in total. The predicted octanol–water partition coefficient (Wildman–Crippen LogP) is 4.74. The maximum Gasteiger partial charge on any atom is 0.265 e. The van der Waals surface area contributed by atoms with E-state index in [9.17, 15) is 4.79 Å². The summed E-state index contributed by atoms with van der Waals surface area (Å²) in [5, 5.41) is 8.40. The number of aryl methyl sites for hydroxylation is 2. The second-order valence-electron chi connectivity index (χ2n) is 6.68. The average Bonchev–Trinajstić information content (AvgIpc) is 3.38. The van der Waals surface area contributed by atoms with Crippen LogP contribution in [0.3, 0.4) is 0 Å². The number of hydrogen-bond acceptors (Lipinski definition) is 4. The third kappa shape index (κ3) is 2.76. The maximum absolute atomic E-state index is 12.7. The zero-order chi connectivity index (χ0) is 19.3. The number of benzene rings is 2. The van der Waals surface area contributed by atoms with E-state index in [0.717, 1.165) is 44.0 Å². The van der Waals surface area contributed by atoms with Gasteiger partial charge in [0.05, 0.1) is 21.6 Å². The summed E-state index contributed by atoms with van der Waals surface area (Å²) in [6, 6.07) is 17.5. The molecule has 0 saturated heterocycles. The molecule has 138 valence electrons. The molecule has 0 aliphatic carbocycles. The van der Waals surface area contributed by atoms with Crippen molar-refractivity contribution in [2.24, 2.45) is 7.05 Å². The number of nitrogens with zero attached hydrogens (tertiary/aromatic N) is 3. The van der Waals surface area contributed by atoms with Gasteiger partial charge in [-0.05, 0) is 37.3 Å². The minimum atomic E-state index is -0.123. The first-order valence-electron chi connectivity index (χ1n) is 8.88. The van der Waals surface area contributed by atoms with Crippen molar-refractivity contribution in [1.29, 1.82) is 0 Å². The molecule has 28 heavy (non-hydrogen) atoms. The highest BCUT2D eigenvalue weighted by atomic mass is 32.1. The van der Waals surface area contributed by atoms with E-state index in [1.54, 1.807) is 0 Å². The number of anilines is 1. The number of rotatable bonds is 3. The van der Waals surface area contributed by atoms with E-state index >= 15 is 0 Å². The van der Waals surface area contributed by atoms with Crippen LogP contribution < -0.4 is 5.32 Å². The molecule has 3 heterocycles. The number of nitrogens with one attached hydrogen (secondary N) is 2. The van der Waals surface area contributed by atoms with Crippen LogP contribution in [0.5, 0.6) is 0 Å². The number of aromatic amines is 1. The van der Waals surface area contributed by atoms with Gasteiger partial charge in [0.25, 0.3) is 5.91 Å². The van der Waals surface area contributed by atoms with Gasteiger partial charge in [0.15, 0.2) is 0 Å². The van der Waals surface area contributed by atoms with Gasteiger partial charge in [0.1, 0.15) is 10.7 Å². The number of aromatic nitrogens is 4. The Hall–Kier alpha value is -3.45. The number of imidazole rings is 1. The third-order valence-corrected chi connectivity index (χ3v) is 5.90. The van der Waals surface area contributed by atoms with E-state index in [1.165, 1.54) is 11.3 Å². The Balaban J connectivity index is 1.44. The minimum Gasteiger partial charge on any atom is -0.338 e. The molecule has 0 spiro atoms. The summed E-state index contributed by atoms with van der Waals surface area (Å²) in [5.74, 6) is 0.656. The largest absolute Gasteiger partial charge is 0.338 e. The van der Waals surface area contributed by atoms with Gasteiger partial charge < -0.3 is 10.3 Å². The molecule has 1 amide bonds. The summed E-state index contributed by atoms with van der Waals surface area (Å²) in [5.41, 5.74) is 4.49. The molecule has 0 radical (unpaired) electrons. The van der Waals surface area contributed by atoms with Crippen molar-refractivity contribution in [1.82, 2.24) is 19.7 Å². The van der Waals surface area contributed by atoms with Crippen LogP contribution in [-0.2, 0) is 7.05 Å². The fourth-order valence-corrected chi connectivity index (χ4v) is 4.36. The van der Waals surface area contributed by atoms with Crippen LogP contribution in [0.2, 0.25) is 0 Å². The van der Waals surface area contributed by atoms with E-state index in [2.05, 4.69) is 20.4 Å². The second-order valence-corrected chi connectivity index (χ2v) is 7.71. The first-order valence-corrected chi connectivity index (χ1v) is 9.70. The number of hydrogen-bond donors (Lipinski definition) is 2. The van der Waals surface area contributed by atoms with Crippen molar-refractivity contribution >= 4 is 44.2 Å². The second kappa shape index (κ2) is 6.31. The van der Waals surface area contributed by atoms with Crippen LogP contribution in [0.4, 0.5) is 5.69 Å². The number of fused-ring (bicyclic) bond motifs is 2. The Labute approximate surface area is 164 Å². The predicted molar refractivity (Wildman–Crippen MR) is 113 cm³/mol. The lowest BCUT2D eigenvalue weighted by Crippen LogP contribution is -2.10. The summed E-state index contributed by atoms with van der Waals surface area (Å²) < 4.78 is 1.81. The summed E-state index contributed by atoms with van der Waals surface area (Å²) in [7, 11) is 1.89. The molecule has 7 heteroatoms. The topological polar surface area (TPSA) is 75.6 Å². The van der Waals surface area contributed by atoms with Gasteiger partial charge in [0, 0.05) is 23.7 Å². The van der Waals surface area contributed by atoms with Gasteiger partial charge in [-0.1, -0.05) is 24.3 Å². The van der Waals surface area contributed by atoms with E-state index in [0.29, 0.717) is 4.88 Å². The fourth-order valence-electron chi connectivity index (χ4n) is 3.34. The smallest absolute Gasteiger partial charge is 0.265 e. The molecular formula is C21H17N5OS. The van der Waals surface area contributed by atoms with Crippen LogP contribution in [-0.4, -0.2) is 25.7 Å². The lowest BCUT2D eigenvalue weighted by Gasteiger charge is -2.05. The molecule has 5 rings (SSSR count). The first-order chi connectivity index (χ1) is 13.6. The quantitative estimate of drug-likeness (QED) is 0.469. The molecule has 0 aliphatic rings. The van der Waals surface area contributed by atoms with Crippen molar-refractivity contribution in [2.45, 2.75) is 6.92 Å². The molecule has 2 N–H and O–H groups in total. The van der Waals surface area contributed by atoms with E-state index < -0.39 is 0 Å². The van der Waals surface area contributed by atoms with Gasteiger partial charge >= 0.3 is 0 Å². The van der Waals surface area contributed by atoms with Gasteiger partial charge in [-0.15, -0.1) is 11.3 Å². The van der Waals surface area contributed by atoms with E-state index in [4.69, 9.17) is 0 Å². The summed E-state index contributed by atoms with van der Waals surface area (Å²) in [6.07, 6.45) is 0. The lowest BCUT2D eigenvalue weighted by atomic mass is 10.2. The van der Waals surface area contributed by atoms with Crippen molar-refractivity contribution in [2.75, 3.05) is 5.32 Å². The summed E-state index contributed by atoms with van der Waals surface area (Å²) in [6.45, 7) is 1.95. The van der Waals surface area contributed by atoms with Crippen LogP contribution in [0.1, 0.15) is 15.4 Å². The molecular weight excluding hydrogens is 370 g/mol. The third-order valence-electron chi connectivity index (χ3n) is 4.70. The van der Waals surface area contributed by atoms with Crippen LogP contribution in [0.15, 0.2) is 54.6 Å². The molecule has 0 fully saturated rings. The Bertz CT molecular complexity index is 1280. The Kier molecular flexibility index (Phi) is 3.77. The molecule has 0 unspecified atom stereocenters. The zero-order valence-corrected chi connectivity index (χ0v) is 16.2. The molecule has 0 saturated carbocycles. The Morgan fingerprint density at radius 3 is 2.82 bits per heavy atom. The summed E-state index contributed by atoms with van der Waals surface area (Å²) in [4.78, 5) is 22.4. The maximum atomic E-state index is 12.7. The van der Waals surface area contributed by atoms with E-state index in [1.807, 2.05) is 73.3 Å². The molecule has 2 aromatic carbocycles. The van der Waals surface area contributed by atoms with Crippen molar-refractivity contribution in [3.8, 4) is 11.4 Å². The fraction of sp³-hybridized carbons (Fsp3) is 0.0952. The molecule has 0 bridgehead atoms. The van der Waals surface area contributed by atoms with Crippen LogP contribution in [0, 0.1) is 6.92 Å². The summed E-state index contributed by atoms with van der Waals surface area (Å²) >= 11 is 1.45. The lowest BCUT2D eigenvalue weighted by molar-refractivity contribution is 0.103. The normalized spacial score (nSPS) is 11.4. The molecule has 0 atom stereocenters. The average molecular weight is 387 g/mol. The Morgan fingerprint density at radius 1 is 1.14 bits per heavy atom. The monoisotopic (exact) mass is 387 g/mol. The number of carbonyl (C=O) groups is 1. The standard InChI is InChI=1S/C21H17N5OS/c1-12-15-11-18(28-21(15)26(2)25-12)20(27)22-14-7-5-6-13(10-14)19-23-16-8-3-4-9-17(16)24-19/h3-11H,1-2H3,(H,22,27)(H,23,24).